The molecule has 27 heavy (non-hydrogen) atoms. The minimum Gasteiger partial charge on any atom is -0.463 e. The number of nitrogens with one attached hydrogen (secondary N) is 1. The van der Waals surface area contributed by atoms with E-state index >= 15 is 0 Å². The van der Waals surface area contributed by atoms with Crippen molar-refractivity contribution in [1.29, 1.82) is 0 Å². The molecule has 0 spiro atoms. The average molecular weight is 491 g/mol. The van der Waals surface area contributed by atoms with E-state index in [1.807, 2.05) is 22.6 Å². The van der Waals surface area contributed by atoms with Gasteiger partial charge in [0.15, 0.2) is 20.8 Å². The maximum absolute atomic E-state index is 11.4. The average Bonchev–Trinajstić information content (AvgIpc) is 3.16. The first-order valence-electron chi connectivity index (χ1n) is 8.04. The number of hydrogen-bond acceptors (Lipinski definition) is 10. The highest BCUT2D eigenvalue weighted by Gasteiger charge is 2.40. The Morgan fingerprint density at radius 3 is 2.81 bits per heavy atom. The van der Waals surface area contributed by atoms with E-state index < -0.39 is 30.4 Å². The van der Waals surface area contributed by atoms with Crippen molar-refractivity contribution in [3.63, 3.8) is 0 Å². The van der Waals surface area contributed by atoms with E-state index in [2.05, 4.69) is 20.4 Å². The highest BCUT2D eigenvalue weighted by Crippen LogP contribution is 2.34. The summed E-state index contributed by atoms with van der Waals surface area (Å²) in [5, 5.41) is 0. The second-order valence-corrected chi connectivity index (χ2v) is 6.75. The van der Waals surface area contributed by atoms with Crippen LogP contribution in [-0.2, 0) is 28.6 Å². The largest absolute Gasteiger partial charge is 0.463 e. The first kappa shape index (κ1) is 19.7. The number of carbonyl (C=O) groups excluding carboxylic acids is 2. The molecule has 0 amide bonds. The molecule has 0 saturated carbocycles. The number of carbonyl (C=O) groups is 2. The van der Waals surface area contributed by atoms with Crippen LogP contribution in [-0.4, -0.2) is 57.4 Å². The number of fused-ring (bicyclic) bond motifs is 1. The molecule has 0 unspecified atom stereocenters. The predicted molar refractivity (Wildman–Crippen MR) is 99.4 cm³/mol. The number of rotatable bonds is 6. The first-order chi connectivity index (χ1) is 12.9. The van der Waals surface area contributed by atoms with Gasteiger partial charge in [-0.05, 0) is 0 Å². The SMILES string of the molecule is CONc1nc(I)nc2c1ncn2[C@H]1C[C@@H](OC(C)=O)[C@@H](COC(C)=O)O1. The zero-order valence-corrected chi connectivity index (χ0v) is 17.0. The molecule has 1 saturated heterocycles. The van der Waals surface area contributed by atoms with Gasteiger partial charge in [-0.2, -0.15) is 0 Å². The summed E-state index contributed by atoms with van der Waals surface area (Å²) in [7, 11) is 1.47. The molecule has 3 atom stereocenters. The second kappa shape index (κ2) is 8.31. The Hall–Kier alpha value is -2.06. The summed E-state index contributed by atoms with van der Waals surface area (Å²) in [6, 6.07) is 0. The highest BCUT2D eigenvalue weighted by molar-refractivity contribution is 14.1. The van der Waals surface area contributed by atoms with Crippen molar-refractivity contribution in [2.24, 2.45) is 0 Å². The smallest absolute Gasteiger partial charge is 0.303 e. The van der Waals surface area contributed by atoms with E-state index in [0.29, 0.717) is 27.2 Å². The van der Waals surface area contributed by atoms with Gasteiger partial charge in [-0.1, -0.05) is 0 Å². The topological polar surface area (TPSA) is 127 Å². The minimum atomic E-state index is -0.585. The lowest BCUT2D eigenvalue weighted by atomic mass is 10.2. The zero-order chi connectivity index (χ0) is 19.6. The van der Waals surface area contributed by atoms with Crippen LogP contribution in [0.2, 0.25) is 0 Å². The fourth-order valence-electron chi connectivity index (χ4n) is 2.83. The van der Waals surface area contributed by atoms with Gasteiger partial charge in [-0.25, -0.2) is 20.4 Å². The number of imidazole rings is 1. The molecule has 1 N–H and O–H groups in total. The third-order valence-corrected chi connectivity index (χ3v) is 4.33. The molecule has 0 bridgehead atoms. The lowest BCUT2D eigenvalue weighted by Gasteiger charge is -2.17. The second-order valence-electron chi connectivity index (χ2n) is 5.79. The van der Waals surface area contributed by atoms with E-state index in [4.69, 9.17) is 19.0 Å². The molecule has 1 aliphatic rings. The number of esters is 2. The summed E-state index contributed by atoms with van der Waals surface area (Å²) in [5.41, 5.74) is 3.72. The Morgan fingerprint density at radius 1 is 1.37 bits per heavy atom. The third-order valence-electron chi connectivity index (χ3n) is 3.85. The van der Waals surface area contributed by atoms with Crippen molar-refractivity contribution in [3.05, 3.63) is 10.2 Å². The molecule has 1 fully saturated rings. The molecule has 12 heteroatoms. The van der Waals surface area contributed by atoms with Crippen molar-refractivity contribution in [3.8, 4) is 0 Å². The van der Waals surface area contributed by atoms with E-state index in [9.17, 15) is 9.59 Å². The standard InChI is InChI=1S/C15H18IN5O6/c1-7(22)25-5-10-9(26-8(2)23)4-11(27-10)21-6-17-12-13(20-24-3)18-15(16)19-14(12)21/h6,9-11H,4-5H2,1-3H3,(H,18,19,20)/t9-,10-,11-/m1/s1. The maximum atomic E-state index is 11.4. The van der Waals surface area contributed by atoms with Gasteiger partial charge in [-0.15, -0.1) is 0 Å². The quantitative estimate of drug-likeness (QED) is 0.273. The van der Waals surface area contributed by atoms with Gasteiger partial charge in [0.1, 0.15) is 25.0 Å². The van der Waals surface area contributed by atoms with Gasteiger partial charge < -0.3 is 14.2 Å². The normalized spacial score (nSPS) is 22.0. The molecule has 3 heterocycles. The number of hydrogen-bond donors (Lipinski definition) is 1. The van der Waals surface area contributed by atoms with Gasteiger partial charge in [0.05, 0.1) is 13.4 Å². The summed E-state index contributed by atoms with van der Waals surface area (Å²) in [6.45, 7) is 2.61. The predicted octanol–water partition coefficient (Wildman–Crippen LogP) is 1.19. The first-order valence-corrected chi connectivity index (χ1v) is 9.12. The summed E-state index contributed by atoms with van der Waals surface area (Å²) in [5.74, 6) is -0.443. The van der Waals surface area contributed by atoms with Gasteiger partial charge in [-0.3, -0.25) is 19.0 Å². The number of ether oxygens (including phenoxy) is 3. The lowest BCUT2D eigenvalue weighted by Crippen LogP contribution is -2.31. The number of nitrogens with zero attached hydrogens (tertiary/aromatic N) is 4. The van der Waals surface area contributed by atoms with E-state index in [1.54, 1.807) is 10.9 Å². The molecule has 0 aromatic carbocycles. The van der Waals surface area contributed by atoms with Gasteiger partial charge in [0.2, 0.25) is 0 Å². The van der Waals surface area contributed by atoms with Crippen LogP contribution in [0, 0.1) is 3.83 Å². The van der Waals surface area contributed by atoms with Gasteiger partial charge >= 0.3 is 11.9 Å². The molecule has 146 valence electrons. The van der Waals surface area contributed by atoms with E-state index in [0.717, 1.165) is 0 Å². The Morgan fingerprint density at radius 2 is 2.15 bits per heavy atom. The molecule has 11 nitrogen and oxygen atoms in total. The summed E-state index contributed by atoms with van der Waals surface area (Å²) in [4.78, 5) is 40.4. The molecule has 2 aromatic rings. The van der Waals surface area contributed by atoms with Gasteiger partial charge in [0, 0.05) is 42.9 Å². The summed E-state index contributed by atoms with van der Waals surface area (Å²) in [6.07, 6.45) is 0.297. The molecule has 0 aliphatic carbocycles. The highest BCUT2D eigenvalue weighted by atomic mass is 127. The molecule has 1 aliphatic heterocycles. The van der Waals surface area contributed by atoms with Crippen LogP contribution in [0.15, 0.2) is 6.33 Å². The van der Waals surface area contributed by atoms with Crippen molar-refractivity contribution in [1.82, 2.24) is 19.5 Å². The van der Waals surface area contributed by atoms with Crippen LogP contribution in [0.4, 0.5) is 5.82 Å². The Balaban J connectivity index is 1.89. The molecule has 2 aromatic heterocycles. The van der Waals surface area contributed by atoms with E-state index in [-0.39, 0.29) is 6.61 Å². The zero-order valence-electron chi connectivity index (χ0n) is 14.8. The Kier molecular flexibility index (Phi) is 6.06. The van der Waals surface area contributed by atoms with Crippen molar-refractivity contribution in [2.75, 3.05) is 19.2 Å². The maximum Gasteiger partial charge on any atom is 0.303 e. The minimum absolute atomic E-state index is 0.0145. The summed E-state index contributed by atoms with van der Waals surface area (Å²) < 4.78 is 18.5. The summed E-state index contributed by atoms with van der Waals surface area (Å²) >= 11 is 1.99. The Labute approximate surface area is 167 Å². The van der Waals surface area contributed by atoms with Crippen molar-refractivity contribution < 1.29 is 28.6 Å². The van der Waals surface area contributed by atoms with Crippen LogP contribution in [0.5, 0.6) is 0 Å². The Bertz CT molecular complexity index is 859. The van der Waals surface area contributed by atoms with Crippen molar-refractivity contribution in [2.45, 2.75) is 38.7 Å². The molecule has 0 radical (unpaired) electrons. The van der Waals surface area contributed by atoms with Gasteiger partial charge in [0.25, 0.3) is 0 Å². The number of halogens is 1. The number of anilines is 1. The van der Waals surface area contributed by atoms with Crippen LogP contribution in [0.25, 0.3) is 11.2 Å². The van der Waals surface area contributed by atoms with Crippen molar-refractivity contribution >= 4 is 51.5 Å². The van der Waals surface area contributed by atoms with Crippen LogP contribution >= 0.6 is 22.6 Å². The number of aromatic nitrogens is 4. The van der Waals surface area contributed by atoms with Crippen LogP contribution in [0.3, 0.4) is 0 Å². The fourth-order valence-corrected chi connectivity index (χ4v) is 3.30. The molecule has 3 rings (SSSR count). The monoisotopic (exact) mass is 491 g/mol. The lowest BCUT2D eigenvalue weighted by molar-refractivity contribution is -0.155. The molecular formula is C15H18IN5O6. The van der Waals surface area contributed by atoms with E-state index in [1.165, 1.54) is 21.0 Å². The van der Waals surface area contributed by atoms with Crippen LogP contribution < -0.4 is 5.48 Å². The molecular weight excluding hydrogens is 473 g/mol. The third kappa shape index (κ3) is 4.44. The fraction of sp³-hybridized carbons (Fsp3) is 0.533. The van der Waals surface area contributed by atoms with Crippen LogP contribution in [0.1, 0.15) is 26.5 Å².